The summed E-state index contributed by atoms with van der Waals surface area (Å²) in [5.41, 5.74) is 0.504. The number of nitrogens with zero attached hydrogens (tertiary/aromatic N) is 2. The highest BCUT2D eigenvalue weighted by Crippen LogP contribution is 2.35. The second-order valence-corrected chi connectivity index (χ2v) is 7.99. The van der Waals surface area contributed by atoms with Gasteiger partial charge in [-0.05, 0) is 37.5 Å². The molecule has 31 heavy (non-hydrogen) atoms. The van der Waals surface area contributed by atoms with Crippen molar-refractivity contribution in [2.24, 2.45) is 0 Å². The summed E-state index contributed by atoms with van der Waals surface area (Å²) in [6.07, 6.45) is -1.95. The van der Waals surface area contributed by atoms with Crippen molar-refractivity contribution in [3.8, 4) is 0 Å². The van der Waals surface area contributed by atoms with Crippen molar-refractivity contribution in [3.63, 3.8) is 0 Å². The molecule has 166 valence electrons. The number of rotatable bonds is 7. The van der Waals surface area contributed by atoms with Gasteiger partial charge in [0.25, 0.3) is 0 Å². The third-order valence-corrected chi connectivity index (χ3v) is 5.31. The molecule has 2 fully saturated rings. The molecule has 1 aromatic carbocycles. The third-order valence-electron chi connectivity index (χ3n) is 5.31. The first-order chi connectivity index (χ1) is 14.7. The van der Waals surface area contributed by atoms with Crippen molar-refractivity contribution in [2.75, 3.05) is 18.5 Å². The maximum absolute atomic E-state index is 13.0. The van der Waals surface area contributed by atoms with Crippen molar-refractivity contribution in [1.29, 1.82) is 0 Å². The molecule has 1 aliphatic carbocycles. The van der Waals surface area contributed by atoms with Crippen LogP contribution in [0.1, 0.15) is 48.4 Å². The molecule has 2 aromatic rings. The van der Waals surface area contributed by atoms with Gasteiger partial charge < -0.3 is 20.1 Å². The highest BCUT2D eigenvalue weighted by atomic mass is 19.4. The Kier molecular flexibility index (Phi) is 5.85. The maximum atomic E-state index is 13.0. The second kappa shape index (κ2) is 8.43. The van der Waals surface area contributed by atoms with Gasteiger partial charge in [0.05, 0.1) is 36.5 Å². The number of amides is 1. The van der Waals surface area contributed by atoms with Gasteiger partial charge in [-0.1, -0.05) is 12.1 Å². The molecule has 1 amide bonds. The zero-order valence-electron chi connectivity index (χ0n) is 17.0. The summed E-state index contributed by atoms with van der Waals surface area (Å²) in [6.45, 7) is 2.86. The van der Waals surface area contributed by atoms with Gasteiger partial charge in [-0.3, -0.25) is 4.79 Å². The van der Waals surface area contributed by atoms with Crippen LogP contribution in [0.5, 0.6) is 0 Å². The Balaban J connectivity index is 1.54. The Morgan fingerprint density at radius 2 is 1.97 bits per heavy atom. The van der Waals surface area contributed by atoms with Crippen LogP contribution in [0.2, 0.25) is 0 Å². The molecule has 1 aromatic heterocycles. The lowest BCUT2D eigenvalue weighted by molar-refractivity contribution is -0.137. The van der Waals surface area contributed by atoms with Crippen LogP contribution in [0.25, 0.3) is 0 Å². The number of hydrogen-bond acceptors (Lipinski definition) is 6. The fraction of sp³-hybridized carbons (Fsp3) is 0.476. The Hall–Kier alpha value is -2.72. The first-order valence-electron chi connectivity index (χ1n) is 10.0. The van der Waals surface area contributed by atoms with Crippen molar-refractivity contribution in [1.82, 2.24) is 15.3 Å². The van der Waals surface area contributed by atoms with E-state index in [2.05, 4.69) is 20.6 Å². The molecule has 2 heterocycles. The molecule has 0 spiro atoms. The number of carbonyl (C=O) groups excluding carboxylic acids is 1. The molecular weight excluding hydrogens is 413 g/mol. The summed E-state index contributed by atoms with van der Waals surface area (Å²) >= 11 is 0. The molecule has 0 atom stereocenters. The van der Waals surface area contributed by atoms with E-state index in [-0.39, 0.29) is 24.4 Å². The Bertz CT molecular complexity index is 957. The summed E-state index contributed by atoms with van der Waals surface area (Å²) in [4.78, 5) is 21.0. The van der Waals surface area contributed by atoms with E-state index >= 15 is 0 Å². The molecule has 1 aliphatic heterocycles. The molecule has 0 unspecified atom stereocenters. The summed E-state index contributed by atoms with van der Waals surface area (Å²) < 4.78 is 50.2. The number of nitrogens with one attached hydrogen (secondary N) is 2. The lowest BCUT2D eigenvalue weighted by Gasteiger charge is -2.19. The average molecular weight is 436 g/mol. The molecule has 4 rings (SSSR count). The maximum Gasteiger partial charge on any atom is 0.416 e. The number of halogens is 3. The zero-order valence-corrected chi connectivity index (χ0v) is 17.0. The molecule has 2 N–H and O–H groups in total. The van der Waals surface area contributed by atoms with Crippen LogP contribution in [0.3, 0.4) is 0 Å². The Labute approximate surface area is 177 Å². The summed E-state index contributed by atoms with van der Waals surface area (Å²) in [5.74, 6) is 0.196. The Morgan fingerprint density at radius 3 is 2.65 bits per heavy atom. The standard InChI is InChI=1S/C21H23F3N4O3/c1-20(5-6-20)28-16(29)10-15-17(19-30-7-8-31-19)18(27-12-26-15)25-11-13-3-2-4-14(9-13)21(22,23)24/h2-4,9,12,19H,5-8,10-11H2,1H3,(H,28,29)(H,25,26,27). The molecule has 1 saturated heterocycles. The topological polar surface area (TPSA) is 85.4 Å². The second-order valence-electron chi connectivity index (χ2n) is 7.99. The fourth-order valence-corrected chi connectivity index (χ4v) is 3.38. The van der Waals surface area contributed by atoms with E-state index in [1.807, 2.05) is 6.92 Å². The van der Waals surface area contributed by atoms with Crippen LogP contribution in [0.4, 0.5) is 19.0 Å². The molecular formula is C21H23F3N4O3. The molecule has 2 aliphatic rings. The quantitative estimate of drug-likeness (QED) is 0.692. The summed E-state index contributed by atoms with van der Waals surface area (Å²) in [7, 11) is 0. The number of hydrogen-bond donors (Lipinski definition) is 2. The number of benzene rings is 1. The van der Waals surface area contributed by atoms with Gasteiger partial charge >= 0.3 is 6.18 Å². The molecule has 0 bridgehead atoms. The zero-order chi connectivity index (χ0) is 22.1. The van der Waals surface area contributed by atoms with Gasteiger partial charge in [-0.25, -0.2) is 9.97 Å². The smallest absolute Gasteiger partial charge is 0.365 e. The van der Waals surface area contributed by atoms with Gasteiger partial charge in [0.1, 0.15) is 12.1 Å². The summed E-state index contributed by atoms with van der Waals surface area (Å²) in [5, 5.41) is 6.04. The van der Waals surface area contributed by atoms with Gasteiger partial charge in [0, 0.05) is 12.1 Å². The minimum atomic E-state index is -4.42. The highest BCUT2D eigenvalue weighted by Gasteiger charge is 2.39. The first kappa shape index (κ1) is 21.5. The number of alkyl halides is 3. The number of ether oxygens (including phenoxy) is 2. The van der Waals surface area contributed by atoms with Gasteiger partial charge in [0.2, 0.25) is 5.91 Å². The van der Waals surface area contributed by atoms with Crippen molar-refractivity contribution < 1.29 is 27.4 Å². The van der Waals surface area contributed by atoms with Crippen molar-refractivity contribution >= 4 is 11.7 Å². The minimum absolute atomic E-state index is 0.0227. The van der Waals surface area contributed by atoms with E-state index < -0.39 is 18.0 Å². The highest BCUT2D eigenvalue weighted by molar-refractivity contribution is 5.80. The number of anilines is 1. The fourth-order valence-electron chi connectivity index (χ4n) is 3.38. The largest absolute Gasteiger partial charge is 0.416 e. The van der Waals surface area contributed by atoms with Crippen molar-refractivity contribution in [3.05, 3.63) is 53.0 Å². The first-order valence-corrected chi connectivity index (χ1v) is 10.0. The van der Waals surface area contributed by atoms with Crippen LogP contribution < -0.4 is 10.6 Å². The lowest BCUT2D eigenvalue weighted by atomic mass is 10.1. The summed E-state index contributed by atoms with van der Waals surface area (Å²) in [6, 6.07) is 5.06. The normalized spacial score (nSPS) is 18.1. The van der Waals surface area contributed by atoms with E-state index in [4.69, 9.17) is 9.47 Å². The van der Waals surface area contributed by atoms with Crippen LogP contribution in [0, 0.1) is 0 Å². The van der Waals surface area contributed by atoms with Gasteiger partial charge in [-0.2, -0.15) is 13.2 Å². The van der Waals surface area contributed by atoms with E-state index in [1.54, 1.807) is 6.07 Å². The van der Waals surface area contributed by atoms with E-state index in [9.17, 15) is 18.0 Å². The third kappa shape index (κ3) is 5.31. The molecule has 0 radical (unpaired) electrons. The molecule has 10 heteroatoms. The minimum Gasteiger partial charge on any atom is -0.365 e. The SMILES string of the molecule is CC1(NC(=O)Cc2ncnc(NCc3cccc(C(F)(F)F)c3)c2C2OCCO2)CC1. The van der Waals surface area contributed by atoms with Crippen LogP contribution in [0.15, 0.2) is 30.6 Å². The predicted octanol–water partition coefficient (Wildman–Crippen LogP) is 3.36. The predicted molar refractivity (Wildman–Crippen MR) is 105 cm³/mol. The number of aromatic nitrogens is 2. The van der Waals surface area contributed by atoms with Gasteiger partial charge in [0.15, 0.2) is 6.29 Å². The Morgan fingerprint density at radius 1 is 1.23 bits per heavy atom. The van der Waals surface area contributed by atoms with Gasteiger partial charge in [-0.15, -0.1) is 0 Å². The van der Waals surface area contributed by atoms with E-state index in [0.717, 1.165) is 25.0 Å². The van der Waals surface area contributed by atoms with E-state index in [1.165, 1.54) is 12.4 Å². The average Bonchev–Trinajstić information content (AvgIpc) is 3.21. The molecule has 1 saturated carbocycles. The van der Waals surface area contributed by atoms with Crippen molar-refractivity contribution in [2.45, 2.75) is 50.7 Å². The monoisotopic (exact) mass is 436 g/mol. The molecule has 7 nitrogen and oxygen atoms in total. The lowest BCUT2D eigenvalue weighted by Crippen LogP contribution is -2.35. The van der Waals surface area contributed by atoms with Crippen LogP contribution >= 0.6 is 0 Å². The van der Waals surface area contributed by atoms with Crippen LogP contribution in [-0.4, -0.2) is 34.6 Å². The van der Waals surface area contributed by atoms with Crippen LogP contribution in [-0.2, 0) is 33.4 Å². The van der Waals surface area contributed by atoms with E-state index in [0.29, 0.717) is 35.9 Å². The number of carbonyl (C=O) groups is 1.